The summed E-state index contributed by atoms with van der Waals surface area (Å²) in [6, 6.07) is 6.37. The van der Waals surface area contributed by atoms with Crippen LogP contribution >= 0.6 is 0 Å². The van der Waals surface area contributed by atoms with Crippen LogP contribution in [-0.2, 0) is 19.5 Å². The van der Waals surface area contributed by atoms with Crippen LogP contribution in [-0.4, -0.2) is 26.3 Å². The molecule has 5 nitrogen and oxygen atoms in total. The molecule has 3 aromatic heterocycles. The van der Waals surface area contributed by atoms with Gasteiger partial charge >= 0.3 is 0 Å². The van der Waals surface area contributed by atoms with Crippen LogP contribution in [0.2, 0.25) is 0 Å². The highest BCUT2D eigenvalue weighted by Crippen LogP contribution is 2.27. The summed E-state index contributed by atoms with van der Waals surface area (Å²) in [5, 5.41) is 4.44. The molecule has 0 saturated carbocycles. The summed E-state index contributed by atoms with van der Waals surface area (Å²) < 4.78 is 2.00. The Kier molecular flexibility index (Phi) is 4.22. The van der Waals surface area contributed by atoms with Crippen LogP contribution in [0.25, 0.3) is 11.1 Å². The highest BCUT2D eigenvalue weighted by atomic mass is 15.3. The minimum atomic E-state index is 0.858. The zero-order valence-electron chi connectivity index (χ0n) is 14.8. The summed E-state index contributed by atoms with van der Waals surface area (Å²) in [6.45, 7) is 7.05. The van der Waals surface area contributed by atoms with Gasteiger partial charge in [-0.2, -0.15) is 5.10 Å². The van der Waals surface area contributed by atoms with E-state index in [-0.39, 0.29) is 0 Å². The fourth-order valence-corrected chi connectivity index (χ4v) is 3.44. The van der Waals surface area contributed by atoms with E-state index in [2.05, 4.69) is 47.2 Å². The number of hydrogen-bond acceptors (Lipinski definition) is 4. The summed E-state index contributed by atoms with van der Waals surface area (Å²) in [4.78, 5) is 11.6. The second-order valence-corrected chi connectivity index (χ2v) is 6.64. The Balaban J connectivity index is 1.62. The fraction of sp³-hybridized carbons (Fsp3) is 0.350. The fourth-order valence-electron chi connectivity index (χ4n) is 3.44. The minimum absolute atomic E-state index is 0.858. The van der Waals surface area contributed by atoms with Crippen LogP contribution in [0.4, 0.5) is 5.82 Å². The molecule has 0 spiro atoms. The SMILES string of the molecule is CCCn1cc(-c2cnc3c(c2)CN(c2ncccc2C)CC3)cn1. The molecule has 0 unspecified atom stereocenters. The van der Waals surface area contributed by atoms with Crippen molar-refractivity contribution in [3.05, 3.63) is 59.8 Å². The topological polar surface area (TPSA) is 46.8 Å². The number of aromatic nitrogens is 4. The molecule has 5 heteroatoms. The lowest BCUT2D eigenvalue weighted by Gasteiger charge is -2.30. The summed E-state index contributed by atoms with van der Waals surface area (Å²) in [7, 11) is 0. The number of fused-ring (bicyclic) bond motifs is 1. The van der Waals surface area contributed by atoms with E-state index in [0.29, 0.717) is 0 Å². The molecule has 1 aliphatic rings. The molecule has 0 amide bonds. The lowest BCUT2D eigenvalue weighted by atomic mass is 10.0. The minimum Gasteiger partial charge on any atom is -0.352 e. The molecule has 3 aromatic rings. The van der Waals surface area contributed by atoms with Gasteiger partial charge < -0.3 is 4.90 Å². The van der Waals surface area contributed by atoms with Gasteiger partial charge in [-0.25, -0.2) is 4.98 Å². The van der Waals surface area contributed by atoms with Crippen molar-refractivity contribution in [2.75, 3.05) is 11.4 Å². The van der Waals surface area contributed by atoms with Gasteiger partial charge in [0, 0.05) is 61.5 Å². The van der Waals surface area contributed by atoms with Crippen molar-refractivity contribution in [3.8, 4) is 11.1 Å². The predicted octanol–water partition coefficient (Wildman–Crippen LogP) is 3.62. The Labute approximate surface area is 148 Å². The maximum absolute atomic E-state index is 4.72. The summed E-state index contributed by atoms with van der Waals surface area (Å²) in [5.74, 6) is 1.08. The van der Waals surface area contributed by atoms with E-state index in [1.54, 1.807) is 0 Å². The van der Waals surface area contributed by atoms with Gasteiger partial charge in [-0.05, 0) is 36.6 Å². The molecular weight excluding hydrogens is 310 g/mol. The average molecular weight is 333 g/mol. The third-order valence-electron chi connectivity index (χ3n) is 4.74. The van der Waals surface area contributed by atoms with Crippen molar-refractivity contribution in [1.29, 1.82) is 0 Å². The number of pyridine rings is 2. The quantitative estimate of drug-likeness (QED) is 0.731. The number of aryl methyl sites for hydroxylation is 2. The maximum Gasteiger partial charge on any atom is 0.131 e. The van der Waals surface area contributed by atoms with Gasteiger partial charge in [0.15, 0.2) is 0 Å². The Hall–Kier alpha value is -2.69. The van der Waals surface area contributed by atoms with E-state index in [9.17, 15) is 0 Å². The van der Waals surface area contributed by atoms with Crippen LogP contribution in [0.3, 0.4) is 0 Å². The molecule has 128 valence electrons. The molecule has 0 aliphatic carbocycles. The van der Waals surface area contributed by atoms with E-state index in [4.69, 9.17) is 4.98 Å². The van der Waals surface area contributed by atoms with E-state index < -0.39 is 0 Å². The van der Waals surface area contributed by atoms with Crippen molar-refractivity contribution in [1.82, 2.24) is 19.7 Å². The van der Waals surface area contributed by atoms with Crippen LogP contribution in [0, 0.1) is 6.92 Å². The first-order chi connectivity index (χ1) is 12.2. The normalized spacial score (nSPS) is 13.8. The first-order valence-corrected chi connectivity index (χ1v) is 8.92. The lowest BCUT2D eigenvalue weighted by Crippen LogP contribution is -2.32. The molecule has 0 bridgehead atoms. The number of anilines is 1. The molecule has 0 saturated heterocycles. The third kappa shape index (κ3) is 3.14. The van der Waals surface area contributed by atoms with Gasteiger partial charge in [0.1, 0.15) is 5.82 Å². The second kappa shape index (κ2) is 6.67. The van der Waals surface area contributed by atoms with Crippen molar-refractivity contribution >= 4 is 5.82 Å². The Morgan fingerprint density at radius 1 is 1.16 bits per heavy atom. The van der Waals surface area contributed by atoms with Crippen molar-refractivity contribution in [2.45, 2.75) is 39.8 Å². The zero-order chi connectivity index (χ0) is 17.2. The Bertz CT molecular complexity index is 883. The predicted molar refractivity (Wildman–Crippen MR) is 99.5 cm³/mol. The van der Waals surface area contributed by atoms with Crippen molar-refractivity contribution in [2.24, 2.45) is 0 Å². The molecular formula is C20H23N5. The first kappa shape index (κ1) is 15.8. The standard InChI is InChI=1S/C20H23N5/c1-3-8-25-14-18(12-23-25)16-10-17-13-24(9-6-19(17)22-11-16)20-15(2)5-4-7-21-20/h4-5,7,10-12,14H,3,6,8-9,13H2,1-2H3. The Morgan fingerprint density at radius 2 is 2.08 bits per heavy atom. The lowest BCUT2D eigenvalue weighted by molar-refractivity contribution is 0.603. The smallest absolute Gasteiger partial charge is 0.131 e. The van der Waals surface area contributed by atoms with Crippen molar-refractivity contribution < 1.29 is 0 Å². The largest absolute Gasteiger partial charge is 0.352 e. The van der Waals surface area contributed by atoms with Crippen LogP contribution in [0.5, 0.6) is 0 Å². The van der Waals surface area contributed by atoms with Crippen molar-refractivity contribution in [3.63, 3.8) is 0 Å². The first-order valence-electron chi connectivity index (χ1n) is 8.92. The number of nitrogens with zero attached hydrogens (tertiary/aromatic N) is 5. The van der Waals surface area contributed by atoms with Gasteiger partial charge in [-0.1, -0.05) is 13.0 Å². The number of rotatable bonds is 4. The van der Waals surface area contributed by atoms with E-state index >= 15 is 0 Å². The molecule has 1 aliphatic heterocycles. The summed E-state index contributed by atoms with van der Waals surface area (Å²) in [5.41, 5.74) is 5.98. The molecule has 4 rings (SSSR count). The average Bonchev–Trinajstić information content (AvgIpc) is 3.10. The molecule has 0 fully saturated rings. The Morgan fingerprint density at radius 3 is 2.92 bits per heavy atom. The zero-order valence-corrected chi connectivity index (χ0v) is 14.8. The number of hydrogen-bond donors (Lipinski definition) is 0. The monoisotopic (exact) mass is 333 g/mol. The van der Waals surface area contributed by atoms with Gasteiger partial charge in [0.25, 0.3) is 0 Å². The molecule has 0 aromatic carbocycles. The van der Waals surface area contributed by atoms with Crippen LogP contribution in [0.15, 0.2) is 43.0 Å². The maximum atomic E-state index is 4.72. The van der Waals surface area contributed by atoms with Gasteiger partial charge in [-0.3, -0.25) is 9.67 Å². The van der Waals surface area contributed by atoms with Crippen LogP contribution in [0.1, 0.15) is 30.2 Å². The summed E-state index contributed by atoms with van der Waals surface area (Å²) in [6.07, 6.45) is 9.93. The molecule has 0 radical (unpaired) electrons. The molecule has 25 heavy (non-hydrogen) atoms. The van der Waals surface area contributed by atoms with Gasteiger partial charge in [0.05, 0.1) is 6.20 Å². The second-order valence-electron chi connectivity index (χ2n) is 6.64. The highest BCUT2D eigenvalue weighted by Gasteiger charge is 2.20. The molecule has 0 N–H and O–H groups in total. The van der Waals surface area contributed by atoms with Crippen LogP contribution < -0.4 is 4.90 Å². The highest BCUT2D eigenvalue weighted by molar-refractivity contribution is 5.62. The van der Waals surface area contributed by atoms with E-state index in [1.807, 2.05) is 29.3 Å². The van der Waals surface area contributed by atoms with E-state index in [1.165, 1.54) is 16.8 Å². The van der Waals surface area contributed by atoms with E-state index in [0.717, 1.165) is 49.4 Å². The summed E-state index contributed by atoms with van der Waals surface area (Å²) >= 11 is 0. The molecule has 0 atom stereocenters. The molecule has 4 heterocycles. The van der Waals surface area contributed by atoms with Gasteiger partial charge in [-0.15, -0.1) is 0 Å². The third-order valence-corrected chi connectivity index (χ3v) is 4.74. The van der Waals surface area contributed by atoms with Gasteiger partial charge in [0.2, 0.25) is 0 Å².